The van der Waals surface area contributed by atoms with Crippen LogP contribution in [0.4, 0.5) is 0 Å². The largest absolute Gasteiger partial charge is 0.462 e. The number of ether oxygens (including phenoxy) is 3. The molecule has 0 aromatic rings. The summed E-state index contributed by atoms with van der Waals surface area (Å²) in [5, 5.41) is 0. The molecule has 0 amide bonds. The van der Waals surface area contributed by atoms with Crippen molar-refractivity contribution >= 4 is 17.9 Å². The Bertz CT molecular complexity index is 1180. The first-order valence-corrected chi connectivity index (χ1v) is 32.8. The van der Waals surface area contributed by atoms with E-state index in [4.69, 9.17) is 14.2 Å². The molecular formula is C67H126O6. The topological polar surface area (TPSA) is 78.9 Å². The normalized spacial score (nSPS) is 12.1. The summed E-state index contributed by atoms with van der Waals surface area (Å²) in [7, 11) is 0. The van der Waals surface area contributed by atoms with Gasteiger partial charge in [0.15, 0.2) is 6.10 Å². The van der Waals surface area contributed by atoms with Gasteiger partial charge in [0.2, 0.25) is 0 Å². The van der Waals surface area contributed by atoms with Gasteiger partial charge in [0.25, 0.3) is 0 Å². The van der Waals surface area contributed by atoms with E-state index in [1.807, 2.05) is 0 Å². The van der Waals surface area contributed by atoms with Crippen molar-refractivity contribution in [2.75, 3.05) is 13.2 Å². The number of esters is 3. The Labute approximate surface area is 455 Å². The number of hydrogen-bond donors (Lipinski definition) is 0. The molecule has 0 bridgehead atoms. The zero-order valence-corrected chi connectivity index (χ0v) is 49.4. The highest BCUT2D eigenvalue weighted by Crippen LogP contribution is 2.18. The van der Waals surface area contributed by atoms with Gasteiger partial charge in [-0.3, -0.25) is 14.4 Å². The molecule has 0 saturated carbocycles. The van der Waals surface area contributed by atoms with Crippen LogP contribution in [0.25, 0.3) is 0 Å². The van der Waals surface area contributed by atoms with E-state index in [9.17, 15) is 14.4 Å². The minimum absolute atomic E-state index is 0.0692. The van der Waals surface area contributed by atoms with E-state index in [1.54, 1.807) is 0 Å². The van der Waals surface area contributed by atoms with Crippen LogP contribution in [-0.2, 0) is 28.6 Å². The van der Waals surface area contributed by atoms with Crippen LogP contribution in [0, 0.1) is 0 Å². The molecule has 6 heteroatoms. The summed E-state index contributed by atoms with van der Waals surface area (Å²) in [6, 6.07) is 0. The molecule has 6 nitrogen and oxygen atoms in total. The predicted octanol–water partition coefficient (Wildman–Crippen LogP) is 22.2. The summed E-state index contributed by atoms with van der Waals surface area (Å²) in [5.74, 6) is -0.850. The van der Waals surface area contributed by atoms with Crippen LogP contribution in [-0.4, -0.2) is 37.2 Å². The van der Waals surface area contributed by atoms with Crippen LogP contribution >= 0.6 is 0 Å². The highest BCUT2D eigenvalue weighted by molar-refractivity contribution is 5.71. The molecule has 0 saturated heterocycles. The molecule has 1 atom stereocenters. The first kappa shape index (κ1) is 70.9. The van der Waals surface area contributed by atoms with Crippen molar-refractivity contribution in [3.05, 3.63) is 24.3 Å². The van der Waals surface area contributed by atoms with E-state index < -0.39 is 6.10 Å². The van der Waals surface area contributed by atoms with E-state index in [-0.39, 0.29) is 31.1 Å². The van der Waals surface area contributed by atoms with Crippen molar-refractivity contribution in [3.63, 3.8) is 0 Å². The molecule has 0 aromatic carbocycles. The zero-order valence-electron chi connectivity index (χ0n) is 49.4. The number of carbonyl (C=O) groups is 3. The van der Waals surface area contributed by atoms with Crippen molar-refractivity contribution in [1.82, 2.24) is 0 Å². The molecule has 0 radical (unpaired) electrons. The van der Waals surface area contributed by atoms with Crippen LogP contribution in [0.3, 0.4) is 0 Å². The lowest BCUT2D eigenvalue weighted by atomic mass is 10.0. The number of allylic oxidation sites excluding steroid dienone is 4. The fourth-order valence-electron chi connectivity index (χ4n) is 9.97. The summed E-state index contributed by atoms with van der Waals surface area (Å²) in [6.07, 6.45) is 74.7. The maximum Gasteiger partial charge on any atom is 0.306 e. The van der Waals surface area contributed by atoms with Gasteiger partial charge >= 0.3 is 17.9 Å². The molecule has 0 spiro atoms. The van der Waals surface area contributed by atoms with Crippen LogP contribution < -0.4 is 0 Å². The minimum Gasteiger partial charge on any atom is -0.462 e. The highest BCUT2D eigenvalue weighted by atomic mass is 16.6. The maximum absolute atomic E-state index is 12.9. The minimum atomic E-state index is -0.773. The van der Waals surface area contributed by atoms with Crippen molar-refractivity contribution < 1.29 is 28.6 Å². The Hall–Kier alpha value is -2.11. The third-order valence-corrected chi connectivity index (χ3v) is 14.9. The summed E-state index contributed by atoms with van der Waals surface area (Å²) in [6.45, 7) is 6.70. The fraction of sp³-hybridized carbons (Fsp3) is 0.896. The van der Waals surface area contributed by atoms with E-state index in [2.05, 4.69) is 45.1 Å². The van der Waals surface area contributed by atoms with Gasteiger partial charge in [-0.1, -0.05) is 302 Å². The van der Waals surface area contributed by atoms with Crippen molar-refractivity contribution in [1.29, 1.82) is 0 Å². The molecule has 0 N–H and O–H groups in total. The molecule has 0 heterocycles. The van der Waals surface area contributed by atoms with E-state index >= 15 is 0 Å². The summed E-state index contributed by atoms with van der Waals surface area (Å²) in [5.41, 5.74) is 0. The Kier molecular flexibility index (Phi) is 60.6. The Morgan fingerprint density at radius 1 is 0.260 bits per heavy atom. The van der Waals surface area contributed by atoms with Crippen LogP contribution in [0.15, 0.2) is 24.3 Å². The molecule has 1 unspecified atom stereocenters. The summed E-state index contributed by atoms with van der Waals surface area (Å²) < 4.78 is 17.0. The van der Waals surface area contributed by atoms with Crippen LogP contribution in [0.1, 0.15) is 367 Å². The third-order valence-electron chi connectivity index (χ3n) is 14.9. The monoisotopic (exact) mass is 1030 g/mol. The van der Waals surface area contributed by atoms with Crippen LogP contribution in [0.5, 0.6) is 0 Å². The number of rotatable bonds is 61. The third kappa shape index (κ3) is 60.6. The first-order chi connectivity index (χ1) is 36.0. The van der Waals surface area contributed by atoms with Gasteiger partial charge in [-0.2, -0.15) is 0 Å². The van der Waals surface area contributed by atoms with Crippen LogP contribution in [0.2, 0.25) is 0 Å². The lowest BCUT2D eigenvalue weighted by Gasteiger charge is -2.18. The highest BCUT2D eigenvalue weighted by Gasteiger charge is 2.19. The lowest BCUT2D eigenvalue weighted by Crippen LogP contribution is -2.30. The van der Waals surface area contributed by atoms with Gasteiger partial charge in [0.05, 0.1) is 0 Å². The number of hydrogen-bond acceptors (Lipinski definition) is 6. The SMILES string of the molecule is CCCCCCCC/C=C\CCCCCCCCCC(=O)OCC(COC(=O)CCCCCCCCCCCCCCCCCCCCCCC)OC(=O)CCCCCCCCC/C=C\CCCCCCCC. The van der Waals surface area contributed by atoms with E-state index in [1.165, 1.54) is 270 Å². The first-order valence-electron chi connectivity index (χ1n) is 32.8. The second kappa shape index (κ2) is 62.4. The van der Waals surface area contributed by atoms with Gasteiger partial charge in [-0.05, 0) is 70.6 Å². The molecule has 0 fully saturated rings. The maximum atomic E-state index is 12.9. The van der Waals surface area contributed by atoms with Crippen molar-refractivity contribution in [2.45, 2.75) is 374 Å². The number of carbonyl (C=O) groups excluding carboxylic acids is 3. The van der Waals surface area contributed by atoms with Gasteiger partial charge in [-0.15, -0.1) is 0 Å². The summed E-state index contributed by atoms with van der Waals surface area (Å²) >= 11 is 0. The lowest BCUT2D eigenvalue weighted by molar-refractivity contribution is -0.167. The second-order valence-electron chi connectivity index (χ2n) is 22.4. The Morgan fingerprint density at radius 2 is 0.452 bits per heavy atom. The van der Waals surface area contributed by atoms with Crippen molar-refractivity contribution in [2.24, 2.45) is 0 Å². The quantitative estimate of drug-likeness (QED) is 0.0261. The van der Waals surface area contributed by atoms with Gasteiger partial charge in [-0.25, -0.2) is 0 Å². The Balaban J connectivity index is 4.31. The summed E-state index contributed by atoms with van der Waals surface area (Å²) in [4.78, 5) is 38.3. The second-order valence-corrected chi connectivity index (χ2v) is 22.4. The Morgan fingerprint density at radius 3 is 0.685 bits per heavy atom. The molecule has 0 aliphatic rings. The average molecular weight is 1030 g/mol. The zero-order chi connectivity index (χ0) is 52.9. The van der Waals surface area contributed by atoms with Gasteiger partial charge < -0.3 is 14.2 Å². The fourth-order valence-corrected chi connectivity index (χ4v) is 9.97. The van der Waals surface area contributed by atoms with Crippen molar-refractivity contribution in [3.8, 4) is 0 Å². The average Bonchev–Trinajstić information content (AvgIpc) is 3.39. The predicted molar refractivity (Wildman–Crippen MR) is 316 cm³/mol. The molecule has 430 valence electrons. The molecule has 0 aliphatic carbocycles. The molecule has 73 heavy (non-hydrogen) atoms. The molecule has 0 rings (SSSR count). The standard InChI is InChI=1S/C67H126O6/c1-4-7-10-13-16-19-22-25-28-31-32-33-34-37-39-42-45-48-51-54-57-60-66(69)72-63-64(73-67(70)61-58-55-52-49-46-43-40-36-30-27-24-21-18-15-12-9-6-3)62-71-65(68)59-56-53-50-47-44-41-38-35-29-26-23-20-17-14-11-8-5-2/h26-27,29-30,64H,4-25,28,31-63H2,1-3H3/b29-26-,30-27-. The molecule has 0 aliphatic heterocycles. The van der Waals surface area contributed by atoms with E-state index in [0.717, 1.165) is 57.8 Å². The van der Waals surface area contributed by atoms with Gasteiger partial charge in [0.1, 0.15) is 13.2 Å². The number of unbranched alkanes of at least 4 members (excludes halogenated alkanes) is 46. The molecular weight excluding hydrogens is 901 g/mol. The van der Waals surface area contributed by atoms with E-state index in [0.29, 0.717) is 19.3 Å². The van der Waals surface area contributed by atoms with Gasteiger partial charge in [0, 0.05) is 19.3 Å². The smallest absolute Gasteiger partial charge is 0.306 e. The molecule has 0 aromatic heterocycles.